The van der Waals surface area contributed by atoms with Gasteiger partial charge in [-0.25, -0.2) is 4.79 Å². The number of aliphatic hydroxyl groups is 1. The number of carbonyl (C=O) groups is 2. The molecule has 220 valence electrons. The Morgan fingerprint density at radius 2 is 1.98 bits per heavy atom. The van der Waals surface area contributed by atoms with Gasteiger partial charge in [0.15, 0.2) is 0 Å². The zero-order chi connectivity index (χ0) is 29.1. The number of rotatable bonds is 7. The molecule has 1 amide bonds. The number of nitrogens with zero attached hydrogens (tertiary/aromatic N) is 1. The molecule has 3 unspecified atom stereocenters. The summed E-state index contributed by atoms with van der Waals surface area (Å²) in [6, 6.07) is 1.73. The van der Waals surface area contributed by atoms with Gasteiger partial charge in [-0.05, 0) is 84.6 Å². The molecular formula is C32H45NO6S. The van der Waals surface area contributed by atoms with E-state index in [0.717, 1.165) is 17.7 Å². The fourth-order valence-corrected chi connectivity index (χ4v) is 6.80. The van der Waals surface area contributed by atoms with Gasteiger partial charge in [0.1, 0.15) is 4.88 Å². The monoisotopic (exact) mass is 571 g/mol. The molecule has 1 aromatic heterocycles. The van der Waals surface area contributed by atoms with Crippen molar-refractivity contribution in [2.24, 2.45) is 17.3 Å². The number of methoxy groups -OCH3 is 1. The maximum absolute atomic E-state index is 14.4. The molecule has 7 nitrogen and oxygen atoms in total. The second-order valence-corrected chi connectivity index (χ2v) is 13.9. The van der Waals surface area contributed by atoms with E-state index in [0.29, 0.717) is 55.9 Å². The van der Waals surface area contributed by atoms with E-state index >= 15 is 0 Å². The number of hydrogen-bond acceptors (Lipinski definition) is 7. The van der Waals surface area contributed by atoms with Gasteiger partial charge in [0.05, 0.1) is 42.6 Å². The molecule has 1 aromatic rings. The first-order chi connectivity index (χ1) is 18.9. The van der Waals surface area contributed by atoms with Crippen molar-refractivity contribution in [3.8, 4) is 11.8 Å². The van der Waals surface area contributed by atoms with Crippen LogP contribution in [0.25, 0.3) is 0 Å². The van der Waals surface area contributed by atoms with E-state index in [4.69, 9.17) is 14.2 Å². The van der Waals surface area contributed by atoms with Crippen LogP contribution >= 0.6 is 11.3 Å². The minimum Gasteiger partial charge on any atom is -0.465 e. The number of thiophene rings is 1. The summed E-state index contributed by atoms with van der Waals surface area (Å²) in [7, 11) is 1.37. The van der Waals surface area contributed by atoms with E-state index in [1.165, 1.54) is 24.0 Å². The van der Waals surface area contributed by atoms with E-state index in [1.807, 2.05) is 31.7 Å². The molecule has 0 spiro atoms. The number of hydrogen-bond donors (Lipinski definition) is 1. The highest BCUT2D eigenvalue weighted by atomic mass is 32.1. The smallest absolute Gasteiger partial charge is 0.350 e. The molecule has 0 aromatic carbocycles. The van der Waals surface area contributed by atoms with Gasteiger partial charge in [0, 0.05) is 24.0 Å². The van der Waals surface area contributed by atoms with E-state index in [9.17, 15) is 14.7 Å². The number of amides is 1. The van der Waals surface area contributed by atoms with Crippen LogP contribution in [-0.4, -0.2) is 61.7 Å². The molecule has 8 heteroatoms. The van der Waals surface area contributed by atoms with Crippen LogP contribution in [0.2, 0.25) is 0 Å². The van der Waals surface area contributed by atoms with Crippen molar-refractivity contribution in [3.63, 3.8) is 0 Å². The molecule has 0 bridgehead atoms. The molecule has 40 heavy (non-hydrogen) atoms. The first-order valence-electron chi connectivity index (χ1n) is 14.5. The Hall–Kier alpha value is -2.18. The van der Waals surface area contributed by atoms with Crippen molar-refractivity contribution in [3.05, 3.63) is 27.5 Å². The molecule has 1 saturated carbocycles. The molecule has 2 aliphatic carbocycles. The van der Waals surface area contributed by atoms with Crippen molar-refractivity contribution in [2.75, 3.05) is 31.8 Å². The van der Waals surface area contributed by atoms with Crippen LogP contribution in [-0.2, 0) is 19.0 Å². The summed E-state index contributed by atoms with van der Waals surface area (Å²) in [5, 5.41) is 11.3. The average molecular weight is 572 g/mol. The predicted octanol–water partition coefficient (Wildman–Crippen LogP) is 5.74. The number of carbonyl (C=O) groups excluding carboxylic acids is 2. The van der Waals surface area contributed by atoms with Crippen LogP contribution < -0.4 is 4.90 Å². The van der Waals surface area contributed by atoms with Gasteiger partial charge in [0.25, 0.3) is 0 Å². The van der Waals surface area contributed by atoms with Crippen LogP contribution in [0.1, 0.15) is 94.1 Å². The maximum Gasteiger partial charge on any atom is 0.350 e. The lowest BCUT2D eigenvalue weighted by Gasteiger charge is -2.42. The lowest BCUT2D eigenvalue weighted by Crippen LogP contribution is -2.51. The molecule has 3 atom stereocenters. The van der Waals surface area contributed by atoms with Crippen LogP contribution in [0.4, 0.5) is 5.69 Å². The molecule has 1 aliphatic heterocycles. The van der Waals surface area contributed by atoms with E-state index in [1.54, 1.807) is 0 Å². The second kappa shape index (κ2) is 12.8. The van der Waals surface area contributed by atoms with Gasteiger partial charge in [-0.3, -0.25) is 4.79 Å². The molecule has 2 heterocycles. The summed E-state index contributed by atoms with van der Waals surface area (Å²) in [4.78, 5) is 30.3. The van der Waals surface area contributed by atoms with Crippen molar-refractivity contribution >= 4 is 28.9 Å². The maximum atomic E-state index is 14.4. The molecule has 3 aliphatic rings. The number of esters is 1. The summed E-state index contributed by atoms with van der Waals surface area (Å²) < 4.78 is 16.5. The van der Waals surface area contributed by atoms with Gasteiger partial charge in [-0.1, -0.05) is 30.4 Å². The minimum atomic E-state index is -0.936. The van der Waals surface area contributed by atoms with Gasteiger partial charge in [0.2, 0.25) is 5.91 Å². The van der Waals surface area contributed by atoms with Gasteiger partial charge < -0.3 is 24.2 Å². The van der Waals surface area contributed by atoms with Gasteiger partial charge in [-0.2, -0.15) is 0 Å². The van der Waals surface area contributed by atoms with Crippen molar-refractivity contribution in [1.82, 2.24) is 0 Å². The molecule has 4 rings (SSSR count). The fourth-order valence-electron chi connectivity index (χ4n) is 5.88. The third kappa shape index (κ3) is 7.55. The van der Waals surface area contributed by atoms with Gasteiger partial charge >= 0.3 is 5.97 Å². The quantitative estimate of drug-likeness (QED) is 0.255. The highest BCUT2D eigenvalue weighted by Gasteiger charge is 2.42. The largest absolute Gasteiger partial charge is 0.465 e. The Kier molecular flexibility index (Phi) is 9.82. The van der Waals surface area contributed by atoms with Crippen LogP contribution in [0.15, 0.2) is 17.7 Å². The third-order valence-corrected chi connectivity index (χ3v) is 9.26. The van der Waals surface area contributed by atoms with Crippen LogP contribution in [0, 0.1) is 29.1 Å². The summed E-state index contributed by atoms with van der Waals surface area (Å²) in [5.74, 6) is 6.05. The molecule has 2 fully saturated rings. The van der Waals surface area contributed by atoms with Crippen molar-refractivity contribution in [2.45, 2.75) is 97.3 Å². The number of allylic oxidation sites excluding steroid dienone is 2. The highest BCUT2D eigenvalue weighted by molar-refractivity contribution is 7.15. The van der Waals surface area contributed by atoms with Gasteiger partial charge in [-0.15, -0.1) is 11.3 Å². The topological polar surface area (TPSA) is 85.3 Å². The Labute approximate surface area is 243 Å². The lowest BCUT2D eigenvalue weighted by atomic mass is 9.78. The van der Waals surface area contributed by atoms with Crippen LogP contribution in [0.5, 0.6) is 0 Å². The molecule has 1 N–H and O–H groups in total. The minimum absolute atomic E-state index is 0.0318. The second-order valence-electron chi connectivity index (χ2n) is 12.9. The van der Waals surface area contributed by atoms with Crippen molar-refractivity contribution < 1.29 is 28.9 Å². The standard InChI is InChI=1S/C32H45NO6S/c1-21-7-8-26(22(2)17-21)29(34)33(23-9-14-32(36,15-10-23)20-39-24-12-16-38-19-24)27-18-25(11-13-31(3,4)5)40-28(27)30(35)37-6/h7,18,22-24,26,36H,8-10,12,14-17,19-20H2,1-6H3. The number of anilines is 1. The molecular weight excluding hydrogens is 526 g/mol. The van der Waals surface area contributed by atoms with E-state index in [-0.39, 0.29) is 41.9 Å². The normalized spacial score (nSPS) is 28.8. The average Bonchev–Trinajstić information content (AvgIpc) is 3.57. The summed E-state index contributed by atoms with van der Waals surface area (Å²) in [6.07, 6.45) is 6.88. The molecule has 1 saturated heterocycles. The van der Waals surface area contributed by atoms with Crippen molar-refractivity contribution in [1.29, 1.82) is 0 Å². The Balaban J connectivity index is 1.64. The Morgan fingerprint density at radius 1 is 1.25 bits per heavy atom. The summed E-state index contributed by atoms with van der Waals surface area (Å²) >= 11 is 1.28. The first kappa shape index (κ1) is 30.8. The molecule has 0 radical (unpaired) electrons. The summed E-state index contributed by atoms with van der Waals surface area (Å²) in [5.41, 5.74) is 0.750. The Bertz CT molecular complexity index is 1150. The zero-order valence-electron chi connectivity index (χ0n) is 24.9. The van der Waals surface area contributed by atoms with E-state index < -0.39 is 11.6 Å². The predicted molar refractivity (Wildman–Crippen MR) is 158 cm³/mol. The third-order valence-electron chi connectivity index (χ3n) is 8.24. The highest BCUT2D eigenvalue weighted by Crippen LogP contribution is 2.41. The lowest BCUT2D eigenvalue weighted by molar-refractivity contribution is -0.125. The number of ether oxygens (including phenoxy) is 3. The summed E-state index contributed by atoms with van der Waals surface area (Å²) in [6.45, 7) is 11.9. The Morgan fingerprint density at radius 3 is 2.58 bits per heavy atom. The SMILES string of the molecule is COC(=O)c1sc(C#CC(C)(C)C)cc1N(C(=O)C1CC=C(C)CC1C)C1CCC(O)(COC2CCOC2)CC1. The van der Waals surface area contributed by atoms with E-state index in [2.05, 4.69) is 31.8 Å². The fraction of sp³-hybridized carbons (Fsp3) is 0.688. The zero-order valence-corrected chi connectivity index (χ0v) is 25.7. The van der Waals surface area contributed by atoms with Crippen LogP contribution in [0.3, 0.4) is 0 Å². The first-order valence-corrected chi connectivity index (χ1v) is 15.4.